The van der Waals surface area contributed by atoms with Crippen LogP contribution in [-0.4, -0.2) is 22.9 Å². The maximum absolute atomic E-state index is 11.9. The van der Waals surface area contributed by atoms with E-state index in [1.54, 1.807) is 18.2 Å². The number of aromatic nitrogens is 1. The minimum Gasteiger partial charge on any atom is -0.481 e. The van der Waals surface area contributed by atoms with Crippen molar-refractivity contribution in [2.45, 2.75) is 13.0 Å². The summed E-state index contributed by atoms with van der Waals surface area (Å²) in [5.41, 5.74) is 3.74. The summed E-state index contributed by atoms with van der Waals surface area (Å²) >= 11 is 3.30. The van der Waals surface area contributed by atoms with E-state index in [2.05, 4.69) is 31.8 Å². The third kappa shape index (κ3) is 4.68. The number of amides is 2. The molecule has 0 spiro atoms. The number of benzene rings is 1. The Morgan fingerprint density at radius 2 is 2.00 bits per heavy atom. The zero-order chi connectivity index (χ0) is 16.8. The highest BCUT2D eigenvalue weighted by Gasteiger charge is 2.17. The fourth-order valence-electron chi connectivity index (χ4n) is 1.69. The summed E-state index contributed by atoms with van der Waals surface area (Å²) in [5.74, 6) is -0.756. The first-order chi connectivity index (χ1) is 11.0. The second-order valence-electron chi connectivity index (χ2n) is 4.57. The molecule has 7 nitrogen and oxygen atoms in total. The molecule has 0 aliphatic rings. The lowest BCUT2D eigenvalue weighted by Crippen LogP contribution is -2.48. The van der Waals surface area contributed by atoms with E-state index in [1.807, 2.05) is 6.07 Å². The first-order valence-corrected chi connectivity index (χ1v) is 7.47. The van der Waals surface area contributed by atoms with Gasteiger partial charge in [0.15, 0.2) is 6.10 Å². The smallest absolute Gasteiger partial charge is 0.279 e. The molecular weight excluding hydrogens is 366 g/mol. The third-order valence-electron chi connectivity index (χ3n) is 2.84. The topological polar surface area (TPSA) is 100 Å². The Morgan fingerprint density at radius 3 is 2.70 bits per heavy atom. The van der Waals surface area contributed by atoms with E-state index in [-0.39, 0.29) is 5.56 Å². The van der Waals surface area contributed by atoms with Crippen LogP contribution in [-0.2, 0) is 4.79 Å². The van der Waals surface area contributed by atoms with E-state index in [4.69, 9.17) is 4.74 Å². The summed E-state index contributed by atoms with van der Waals surface area (Å²) < 4.78 is 6.28. The van der Waals surface area contributed by atoms with Crippen molar-refractivity contribution in [3.8, 4) is 5.75 Å². The zero-order valence-corrected chi connectivity index (χ0v) is 13.7. The number of hydrogen-bond donors (Lipinski definition) is 3. The molecule has 2 aromatic rings. The van der Waals surface area contributed by atoms with Crippen LogP contribution in [0.5, 0.6) is 5.75 Å². The molecule has 0 bridgehead atoms. The Hall–Kier alpha value is -2.61. The van der Waals surface area contributed by atoms with E-state index in [0.29, 0.717) is 5.75 Å². The highest BCUT2D eigenvalue weighted by molar-refractivity contribution is 9.10. The SMILES string of the molecule is CC(Oc1cccc(Br)c1)C(=O)NNC(=O)c1ccc[nH]c1=O. The molecule has 1 aromatic carbocycles. The lowest BCUT2D eigenvalue weighted by atomic mass is 10.3. The molecule has 1 aromatic heterocycles. The first kappa shape index (κ1) is 16.8. The Labute approximate surface area is 140 Å². The molecule has 0 aliphatic carbocycles. The Morgan fingerprint density at radius 1 is 1.22 bits per heavy atom. The van der Waals surface area contributed by atoms with Gasteiger partial charge in [0.2, 0.25) is 0 Å². The molecule has 1 atom stereocenters. The van der Waals surface area contributed by atoms with Crippen LogP contribution >= 0.6 is 15.9 Å². The van der Waals surface area contributed by atoms with Gasteiger partial charge in [-0.05, 0) is 37.3 Å². The lowest BCUT2D eigenvalue weighted by molar-refractivity contribution is -0.128. The number of H-pyrrole nitrogens is 1. The van der Waals surface area contributed by atoms with E-state index >= 15 is 0 Å². The van der Waals surface area contributed by atoms with Crippen LogP contribution in [0.25, 0.3) is 0 Å². The van der Waals surface area contributed by atoms with E-state index in [0.717, 1.165) is 4.47 Å². The van der Waals surface area contributed by atoms with Crippen molar-refractivity contribution >= 4 is 27.7 Å². The molecule has 1 unspecified atom stereocenters. The molecule has 0 radical (unpaired) electrons. The maximum atomic E-state index is 11.9. The van der Waals surface area contributed by atoms with Crippen LogP contribution in [0.15, 0.2) is 51.9 Å². The molecule has 3 N–H and O–H groups in total. The van der Waals surface area contributed by atoms with Gasteiger partial charge in [-0.15, -0.1) is 0 Å². The van der Waals surface area contributed by atoms with Gasteiger partial charge in [0.1, 0.15) is 11.3 Å². The number of aromatic amines is 1. The fourth-order valence-corrected chi connectivity index (χ4v) is 2.06. The van der Waals surface area contributed by atoms with Gasteiger partial charge in [0.25, 0.3) is 17.4 Å². The summed E-state index contributed by atoms with van der Waals surface area (Å²) in [4.78, 5) is 37.5. The Kier molecular flexibility index (Phi) is 5.53. The predicted molar refractivity (Wildman–Crippen MR) is 86.9 cm³/mol. The first-order valence-electron chi connectivity index (χ1n) is 6.67. The number of carbonyl (C=O) groups is 2. The average molecular weight is 380 g/mol. The van der Waals surface area contributed by atoms with Gasteiger partial charge in [0.05, 0.1) is 0 Å². The number of halogens is 1. The molecule has 2 rings (SSSR count). The minimum atomic E-state index is -0.835. The number of hydrogen-bond acceptors (Lipinski definition) is 4. The minimum absolute atomic E-state index is 0.103. The van der Waals surface area contributed by atoms with Gasteiger partial charge in [0, 0.05) is 10.7 Å². The average Bonchev–Trinajstić information content (AvgIpc) is 2.52. The molecule has 8 heteroatoms. The second kappa shape index (κ2) is 7.59. The summed E-state index contributed by atoms with van der Waals surface area (Å²) in [7, 11) is 0. The van der Waals surface area contributed by atoms with Crippen molar-refractivity contribution in [2.24, 2.45) is 0 Å². The van der Waals surface area contributed by atoms with Crippen LogP contribution in [0.2, 0.25) is 0 Å². The third-order valence-corrected chi connectivity index (χ3v) is 3.33. The number of nitrogens with one attached hydrogen (secondary N) is 3. The van der Waals surface area contributed by atoms with E-state index in [1.165, 1.54) is 25.3 Å². The highest BCUT2D eigenvalue weighted by Crippen LogP contribution is 2.18. The molecule has 0 fully saturated rings. The number of ether oxygens (including phenoxy) is 1. The highest BCUT2D eigenvalue weighted by atomic mass is 79.9. The van der Waals surface area contributed by atoms with Crippen LogP contribution in [0, 0.1) is 0 Å². The molecular formula is C15H14BrN3O4. The van der Waals surface area contributed by atoms with Gasteiger partial charge < -0.3 is 9.72 Å². The standard InChI is InChI=1S/C15H14BrN3O4/c1-9(23-11-5-2-4-10(16)8-11)13(20)18-19-15(22)12-6-3-7-17-14(12)21/h2-9H,1H3,(H,17,21)(H,18,20)(H,19,22). The molecule has 2 amide bonds. The Balaban J connectivity index is 1.90. The van der Waals surface area contributed by atoms with Gasteiger partial charge in [-0.1, -0.05) is 22.0 Å². The van der Waals surface area contributed by atoms with Gasteiger partial charge in [-0.2, -0.15) is 0 Å². The largest absolute Gasteiger partial charge is 0.481 e. The molecule has 23 heavy (non-hydrogen) atoms. The van der Waals surface area contributed by atoms with E-state index < -0.39 is 23.5 Å². The molecule has 0 saturated carbocycles. The van der Waals surface area contributed by atoms with E-state index in [9.17, 15) is 14.4 Å². The van der Waals surface area contributed by atoms with Gasteiger partial charge in [-0.25, -0.2) is 0 Å². The number of hydrazine groups is 1. The quantitative estimate of drug-likeness (QED) is 0.698. The van der Waals surface area contributed by atoms with Crippen LogP contribution < -0.4 is 21.1 Å². The predicted octanol–water partition coefficient (Wildman–Crippen LogP) is 1.37. The van der Waals surface area contributed by atoms with Gasteiger partial charge in [-0.3, -0.25) is 25.2 Å². The van der Waals surface area contributed by atoms with Crippen LogP contribution in [0.3, 0.4) is 0 Å². The van der Waals surface area contributed by atoms with Crippen molar-refractivity contribution in [2.75, 3.05) is 0 Å². The zero-order valence-electron chi connectivity index (χ0n) is 12.1. The van der Waals surface area contributed by atoms with Gasteiger partial charge >= 0.3 is 0 Å². The van der Waals surface area contributed by atoms with Crippen molar-refractivity contribution in [3.63, 3.8) is 0 Å². The summed E-state index contributed by atoms with van der Waals surface area (Å²) in [6, 6.07) is 9.88. The summed E-state index contributed by atoms with van der Waals surface area (Å²) in [6.07, 6.45) is 0.574. The molecule has 1 heterocycles. The molecule has 0 aliphatic heterocycles. The summed E-state index contributed by atoms with van der Waals surface area (Å²) in [6.45, 7) is 1.54. The maximum Gasteiger partial charge on any atom is 0.279 e. The van der Waals surface area contributed by atoms with Crippen molar-refractivity contribution in [1.82, 2.24) is 15.8 Å². The Bertz CT molecular complexity index is 775. The van der Waals surface area contributed by atoms with Crippen molar-refractivity contribution in [3.05, 3.63) is 63.0 Å². The second-order valence-corrected chi connectivity index (χ2v) is 5.49. The van der Waals surface area contributed by atoms with Crippen molar-refractivity contribution < 1.29 is 14.3 Å². The molecule has 0 saturated heterocycles. The lowest BCUT2D eigenvalue weighted by Gasteiger charge is -2.15. The van der Waals surface area contributed by atoms with Crippen LogP contribution in [0.1, 0.15) is 17.3 Å². The summed E-state index contributed by atoms with van der Waals surface area (Å²) in [5, 5.41) is 0. The number of rotatable bonds is 4. The fraction of sp³-hybridized carbons (Fsp3) is 0.133. The monoisotopic (exact) mass is 379 g/mol. The normalized spacial score (nSPS) is 11.4. The van der Waals surface area contributed by atoms with Crippen molar-refractivity contribution in [1.29, 1.82) is 0 Å². The van der Waals surface area contributed by atoms with Crippen LogP contribution in [0.4, 0.5) is 0 Å². The number of carbonyl (C=O) groups excluding carboxylic acids is 2. The number of pyridine rings is 1. The molecule has 120 valence electrons.